The Morgan fingerprint density at radius 1 is 0.964 bits per heavy atom. The van der Waals surface area contributed by atoms with Gasteiger partial charge in [-0.25, -0.2) is 4.57 Å². The molecule has 0 saturated heterocycles. The number of hydrogen-bond acceptors (Lipinski definition) is 1. The van der Waals surface area contributed by atoms with E-state index in [0.29, 0.717) is 0 Å². The van der Waals surface area contributed by atoms with E-state index < -0.39 is 0 Å². The van der Waals surface area contributed by atoms with Gasteiger partial charge in [0.05, 0.1) is 13.3 Å². The molecule has 2 rings (SSSR count). The van der Waals surface area contributed by atoms with Crippen molar-refractivity contribution in [1.29, 1.82) is 0 Å². The lowest BCUT2D eigenvalue weighted by molar-refractivity contribution is -0.697. The van der Waals surface area contributed by atoms with Crippen LogP contribution in [-0.4, -0.2) is 10.3 Å². The number of aryl methyl sites for hydroxylation is 3. The molecule has 158 valence electrons. The molecule has 0 fully saturated rings. The zero-order valence-corrected chi connectivity index (χ0v) is 21.2. The maximum absolute atomic E-state index is 3.88. The normalized spacial score (nSPS) is 9.29. The molecule has 0 aliphatic rings. The van der Waals surface area contributed by atoms with Crippen LogP contribution in [0.3, 0.4) is 0 Å². The van der Waals surface area contributed by atoms with E-state index in [-0.39, 0.29) is 17.0 Å². The van der Waals surface area contributed by atoms with E-state index >= 15 is 0 Å². The second kappa shape index (κ2) is 22.4. The van der Waals surface area contributed by atoms with Gasteiger partial charge in [-0.05, 0) is 57.2 Å². The molecule has 0 aromatic carbocycles. The minimum atomic E-state index is 0. The maximum atomic E-state index is 3.88. The molecule has 0 N–H and O–H groups in total. The van der Waals surface area contributed by atoms with Crippen LogP contribution in [0.1, 0.15) is 69.4 Å². The minimum absolute atomic E-state index is 0. The summed E-state index contributed by atoms with van der Waals surface area (Å²) in [6.07, 6.45) is 18.3. The Kier molecular flexibility index (Phi) is 23.5. The highest BCUT2D eigenvalue weighted by molar-refractivity contribution is 9.09. The molecule has 0 radical (unpaired) electrons. The van der Waals surface area contributed by atoms with Crippen molar-refractivity contribution in [2.24, 2.45) is 0 Å². The number of hydrogen-bond donors (Lipinski definition) is 0. The molecule has 0 saturated carbocycles. The van der Waals surface area contributed by atoms with E-state index in [0.717, 1.165) is 11.8 Å². The second-order valence-corrected chi connectivity index (χ2v) is 7.61. The summed E-state index contributed by atoms with van der Waals surface area (Å²) in [4.78, 5) is 3.88. The molecule has 0 spiro atoms. The van der Waals surface area contributed by atoms with Gasteiger partial charge in [-0.3, -0.25) is 4.98 Å². The SMILES string of the molecule is CCCCCC[n+]1cccc(C)c1.Cc1cccnc1.[Br-].[CH2+]CCCCCBr. The first kappa shape index (κ1) is 29.3. The summed E-state index contributed by atoms with van der Waals surface area (Å²) >= 11 is 3.36. The Labute approximate surface area is 193 Å². The first-order valence-electron chi connectivity index (χ1n) is 10.3. The maximum Gasteiger partial charge on any atom is 0.171 e. The fourth-order valence-corrected chi connectivity index (χ4v) is 2.81. The van der Waals surface area contributed by atoms with Gasteiger partial charge in [-0.1, -0.05) is 41.8 Å². The first-order valence-corrected chi connectivity index (χ1v) is 11.4. The molecule has 2 aromatic rings. The van der Waals surface area contributed by atoms with Crippen LogP contribution in [0.4, 0.5) is 0 Å². The van der Waals surface area contributed by atoms with Crippen molar-refractivity contribution in [3.63, 3.8) is 0 Å². The molecule has 0 aliphatic heterocycles. The van der Waals surface area contributed by atoms with E-state index in [1.165, 1.54) is 62.6 Å². The summed E-state index contributed by atoms with van der Waals surface area (Å²) in [5, 5.41) is 1.15. The lowest BCUT2D eigenvalue weighted by Crippen LogP contribution is -3.00. The zero-order valence-electron chi connectivity index (χ0n) is 18.0. The molecule has 0 bridgehead atoms. The van der Waals surface area contributed by atoms with Crippen molar-refractivity contribution >= 4 is 15.9 Å². The standard InChI is InChI=1S/C12H20N.C6H12Br.C6H7N.BrH/c1-3-4-5-6-9-13-10-7-8-12(2)11-13;1-2-3-4-5-6-7;1-6-3-2-4-7-5-6;/h7-8,10-11H,3-6,9H2,1-2H3;1-6H2;2-5H,1H3;1H/q2*+1;;/p-1. The van der Waals surface area contributed by atoms with Crippen LogP contribution in [0.15, 0.2) is 49.1 Å². The van der Waals surface area contributed by atoms with Crippen LogP contribution >= 0.6 is 15.9 Å². The van der Waals surface area contributed by atoms with Crippen LogP contribution in [-0.2, 0) is 6.54 Å². The van der Waals surface area contributed by atoms with Gasteiger partial charge in [0.25, 0.3) is 0 Å². The Hall–Kier alpha value is -0.870. The second-order valence-electron chi connectivity index (χ2n) is 6.81. The zero-order chi connectivity index (χ0) is 20.2. The largest absolute Gasteiger partial charge is 1.00 e. The molecule has 0 unspecified atom stereocenters. The van der Waals surface area contributed by atoms with E-state index in [2.05, 4.69) is 70.8 Å². The highest BCUT2D eigenvalue weighted by Gasteiger charge is 1.98. The minimum Gasteiger partial charge on any atom is -1.00 e. The number of rotatable bonds is 9. The Bertz CT molecular complexity index is 543. The Morgan fingerprint density at radius 2 is 1.68 bits per heavy atom. The average Bonchev–Trinajstić information content (AvgIpc) is 2.68. The molecule has 0 amide bonds. The summed E-state index contributed by atoms with van der Waals surface area (Å²) in [6, 6.07) is 8.21. The molecule has 2 heterocycles. The van der Waals surface area contributed by atoms with E-state index in [1.807, 2.05) is 25.3 Å². The third-order valence-corrected chi connectivity index (χ3v) is 4.53. The third-order valence-electron chi connectivity index (χ3n) is 3.97. The summed E-state index contributed by atoms with van der Waals surface area (Å²) in [7, 11) is 0. The molecule has 4 heteroatoms. The average molecular weight is 515 g/mol. The number of aromatic nitrogens is 2. The van der Waals surface area contributed by atoms with E-state index in [4.69, 9.17) is 0 Å². The van der Waals surface area contributed by atoms with Crippen molar-refractivity contribution in [3.8, 4) is 0 Å². The molecule has 0 aliphatic carbocycles. The van der Waals surface area contributed by atoms with Crippen molar-refractivity contribution in [3.05, 3.63) is 67.1 Å². The predicted octanol–water partition coefficient (Wildman–Crippen LogP) is 4.03. The number of pyridine rings is 2. The van der Waals surface area contributed by atoms with Gasteiger partial charge in [-0.15, -0.1) is 0 Å². The van der Waals surface area contributed by atoms with Crippen LogP contribution in [0, 0.1) is 20.8 Å². The monoisotopic (exact) mass is 513 g/mol. The summed E-state index contributed by atoms with van der Waals surface area (Å²) in [5.74, 6) is 0. The van der Waals surface area contributed by atoms with Gasteiger partial charge in [0.2, 0.25) is 0 Å². The molecule has 28 heavy (non-hydrogen) atoms. The van der Waals surface area contributed by atoms with Gasteiger partial charge in [0.15, 0.2) is 12.4 Å². The van der Waals surface area contributed by atoms with Crippen LogP contribution in [0.25, 0.3) is 0 Å². The summed E-state index contributed by atoms with van der Waals surface area (Å²) in [6.45, 7) is 11.3. The fourth-order valence-electron chi connectivity index (χ4n) is 2.41. The third kappa shape index (κ3) is 19.9. The quantitative estimate of drug-likeness (QED) is 0.213. The van der Waals surface area contributed by atoms with Gasteiger partial charge in [0.1, 0.15) is 6.54 Å². The molecule has 2 nitrogen and oxygen atoms in total. The summed E-state index contributed by atoms with van der Waals surface area (Å²) in [5.41, 5.74) is 2.56. The number of nitrogens with zero attached hydrogens (tertiary/aromatic N) is 2. The first-order chi connectivity index (χ1) is 13.1. The van der Waals surface area contributed by atoms with E-state index in [1.54, 1.807) is 6.20 Å². The van der Waals surface area contributed by atoms with E-state index in [9.17, 15) is 0 Å². The Morgan fingerprint density at radius 3 is 2.18 bits per heavy atom. The van der Waals surface area contributed by atoms with Crippen molar-refractivity contribution in [1.82, 2.24) is 4.98 Å². The molecular weight excluding hydrogens is 476 g/mol. The lowest BCUT2D eigenvalue weighted by atomic mass is 10.2. The molecular formula is C24H39Br2N2+. The Balaban J connectivity index is 0. The van der Waals surface area contributed by atoms with Gasteiger partial charge < -0.3 is 17.0 Å². The lowest BCUT2D eigenvalue weighted by Gasteiger charge is -1.97. The summed E-state index contributed by atoms with van der Waals surface area (Å²) < 4.78 is 2.28. The fraction of sp³-hybridized carbons (Fsp3) is 0.542. The van der Waals surface area contributed by atoms with Crippen LogP contribution in [0.5, 0.6) is 0 Å². The molecule has 2 aromatic heterocycles. The van der Waals surface area contributed by atoms with Crippen molar-refractivity contribution in [2.45, 2.75) is 78.7 Å². The van der Waals surface area contributed by atoms with Crippen LogP contribution < -0.4 is 21.5 Å². The topological polar surface area (TPSA) is 16.8 Å². The molecule has 0 atom stereocenters. The van der Waals surface area contributed by atoms with Crippen LogP contribution in [0.2, 0.25) is 0 Å². The van der Waals surface area contributed by atoms with Gasteiger partial charge in [-0.2, -0.15) is 0 Å². The predicted molar refractivity (Wildman–Crippen MR) is 122 cm³/mol. The number of alkyl halides is 1. The van der Waals surface area contributed by atoms with Gasteiger partial charge in [0, 0.05) is 35.8 Å². The van der Waals surface area contributed by atoms with Crippen molar-refractivity contribution in [2.75, 3.05) is 5.33 Å². The smallest absolute Gasteiger partial charge is 0.171 e. The van der Waals surface area contributed by atoms with Gasteiger partial charge >= 0.3 is 0 Å². The highest BCUT2D eigenvalue weighted by Crippen LogP contribution is 2.00. The van der Waals surface area contributed by atoms with Crippen molar-refractivity contribution < 1.29 is 21.5 Å². The number of unbranched alkanes of at least 4 members (excludes halogenated alkanes) is 6. The number of halogens is 2. The highest BCUT2D eigenvalue weighted by atomic mass is 79.9.